The van der Waals surface area contributed by atoms with Crippen LogP contribution in [0.25, 0.3) is 0 Å². The Hall–Kier alpha value is -1.26. The van der Waals surface area contributed by atoms with Crippen molar-refractivity contribution in [3.8, 4) is 0 Å². The van der Waals surface area contributed by atoms with Gasteiger partial charge in [-0.3, -0.25) is 0 Å². The average Bonchev–Trinajstić information content (AvgIpc) is 2.37. The summed E-state index contributed by atoms with van der Waals surface area (Å²) < 4.78 is 11.0. The zero-order chi connectivity index (χ0) is 14.1. The Morgan fingerprint density at radius 3 is 2.47 bits per heavy atom. The molecule has 0 aliphatic rings. The second-order valence-electron chi connectivity index (χ2n) is 4.50. The lowest BCUT2D eigenvalue weighted by molar-refractivity contribution is -0.139. The van der Waals surface area contributed by atoms with Gasteiger partial charge in [0.2, 0.25) is 0 Å². The van der Waals surface area contributed by atoms with Gasteiger partial charge in [-0.2, -0.15) is 0 Å². The first-order valence-corrected chi connectivity index (χ1v) is 7.00. The number of ether oxygens (including phenoxy) is 2. The maximum absolute atomic E-state index is 5.95. The fourth-order valence-corrected chi connectivity index (χ4v) is 1.92. The van der Waals surface area contributed by atoms with Crippen LogP contribution in [-0.2, 0) is 9.47 Å². The summed E-state index contributed by atoms with van der Waals surface area (Å²) in [6.07, 6.45) is 1.78. The molecule has 0 amide bonds. The van der Waals surface area contributed by atoms with E-state index in [1.807, 2.05) is 32.9 Å². The quantitative estimate of drug-likeness (QED) is 0.409. The molecule has 0 radical (unpaired) electrons. The molecular formula is C15H26N2O2. The van der Waals surface area contributed by atoms with Crippen LogP contribution < -0.4 is 11.1 Å². The van der Waals surface area contributed by atoms with Crippen LogP contribution in [0.15, 0.2) is 18.2 Å². The van der Waals surface area contributed by atoms with E-state index in [2.05, 4.69) is 11.4 Å². The summed E-state index contributed by atoms with van der Waals surface area (Å²) >= 11 is 0. The van der Waals surface area contributed by atoms with Crippen LogP contribution in [0, 0.1) is 6.92 Å². The van der Waals surface area contributed by atoms with Crippen LogP contribution in [-0.4, -0.2) is 26.0 Å². The molecule has 0 atom stereocenters. The van der Waals surface area contributed by atoms with Crippen molar-refractivity contribution in [1.29, 1.82) is 0 Å². The van der Waals surface area contributed by atoms with Crippen molar-refractivity contribution < 1.29 is 9.47 Å². The van der Waals surface area contributed by atoms with E-state index < -0.39 is 0 Å². The first kappa shape index (κ1) is 15.8. The minimum atomic E-state index is -0.0906. The van der Waals surface area contributed by atoms with Crippen LogP contribution in [0.5, 0.6) is 0 Å². The van der Waals surface area contributed by atoms with Gasteiger partial charge in [-0.05, 0) is 44.9 Å². The normalized spacial score (nSPS) is 10.9. The summed E-state index contributed by atoms with van der Waals surface area (Å²) in [5.41, 5.74) is 8.92. The zero-order valence-corrected chi connectivity index (χ0v) is 12.2. The number of hydrogen-bond acceptors (Lipinski definition) is 4. The molecule has 4 heteroatoms. The molecule has 1 aromatic carbocycles. The number of anilines is 2. The van der Waals surface area contributed by atoms with Crippen molar-refractivity contribution in [2.24, 2.45) is 0 Å². The second-order valence-corrected chi connectivity index (χ2v) is 4.50. The largest absolute Gasteiger partial charge is 0.397 e. The van der Waals surface area contributed by atoms with Gasteiger partial charge in [0.1, 0.15) is 0 Å². The van der Waals surface area contributed by atoms with E-state index in [-0.39, 0.29) is 6.29 Å². The number of benzene rings is 1. The monoisotopic (exact) mass is 266 g/mol. The molecule has 0 aliphatic heterocycles. The van der Waals surface area contributed by atoms with E-state index in [0.29, 0.717) is 13.2 Å². The maximum Gasteiger partial charge on any atom is 0.157 e. The molecule has 0 unspecified atom stereocenters. The van der Waals surface area contributed by atoms with Crippen molar-refractivity contribution in [3.05, 3.63) is 23.8 Å². The molecule has 0 bridgehead atoms. The third kappa shape index (κ3) is 5.94. The van der Waals surface area contributed by atoms with Crippen molar-refractivity contribution in [2.45, 2.75) is 39.9 Å². The average molecular weight is 266 g/mol. The van der Waals surface area contributed by atoms with Gasteiger partial charge in [-0.25, -0.2) is 0 Å². The van der Waals surface area contributed by atoms with Gasteiger partial charge in [0.15, 0.2) is 6.29 Å². The Labute approximate surface area is 116 Å². The van der Waals surface area contributed by atoms with Gasteiger partial charge in [-0.15, -0.1) is 0 Å². The predicted molar refractivity (Wildman–Crippen MR) is 80.4 cm³/mol. The van der Waals surface area contributed by atoms with E-state index in [1.54, 1.807) is 0 Å². The van der Waals surface area contributed by atoms with Gasteiger partial charge in [0, 0.05) is 26.2 Å². The highest BCUT2D eigenvalue weighted by atomic mass is 16.7. The van der Waals surface area contributed by atoms with E-state index >= 15 is 0 Å². The number of rotatable bonds is 9. The minimum Gasteiger partial charge on any atom is -0.397 e. The van der Waals surface area contributed by atoms with E-state index in [0.717, 1.165) is 30.8 Å². The van der Waals surface area contributed by atoms with Crippen molar-refractivity contribution in [1.82, 2.24) is 0 Å². The van der Waals surface area contributed by atoms with Crippen LogP contribution in [0.1, 0.15) is 32.3 Å². The molecule has 0 spiro atoms. The summed E-state index contributed by atoms with van der Waals surface area (Å²) in [7, 11) is 0. The summed E-state index contributed by atoms with van der Waals surface area (Å²) in [4.78, 5) is 0. The minimum absolute atomic E-state index is 0.0906. The standard InChI is InChI=1S/C15H26N2O2/c1-4-18-15(19-5-2)7-6-10-17-14-9-8-12(3)11-13(14)16/h8-9,11,15,17H,4-7,10,16H2,1-3H3. The first-order valence-electron chi connectivity index (χ1n) is 7.00. The van der Waals surface area contributed by atoms with Crippen molar-refractivity contribution in [3.63, 3.8) is 0 Å². The number of nitrogen functional groups attached to an aromatic ring is 1. The molecule has 0 saturated carbocycles. The topological polar surface area (TPSA) is 56.5 Å². The van der Waals surface area contributed by atoms with Gasteiger partial charge >= 0.3 is 0 Å². The number of aryl methyl sites for hydroxylation is 1. The second kappa shape index (κ2) is 8.77. The first-order chi connectivity index (χ1) is 9.17. The third-order valence-electron chi connectivity index (χ3n) is 2.84. The molecule has 0 fully saturated rings. The Morgan fingerprint density at radius 2 is 1.89 bits per heavy atom. The maximum atomic E-state index is 5.95. The fourth-order valence-electron chi connectivity index (χ4n) is 1.92. The predicted octanol–water partition coefficient (Wildman–Crippen LogP) is 3.17. The van der Waals surface area contributed by atoms with Gasteiger partial charge in [-0.1, -0.05) is 6.07 Å². The molecule has 0 aromatic heterocycles. The Bertz CT molecular complexity index is 363. The Balaban J connectivity index is 2.29. The fraction of sp³-hybridized carbons (Fsp3) is 0.600. The molecule has 0 aliphatic carbocycles. The van der Waals surface area contributed by atoms with Gasteiger partial charge < -0.3 is 20.5 Å². The van der Waals surface area contributed by atoms with Gasteiger partial charge in [0.05, 0.1) is 11.4 Å². The van der Waals surface area contributed by atoms with Crippen molar-refractivity contribution in [2.75, 3.05) is 30.8 Å². The lowest BCUT2D eigenvalue weighted by Crippen LogP contribution is -2.18. The SMILES string of the molecule is CCOC(CCCNc1ccc(C)cc1N)OCC. The van der Waals surface area contributed by atoms with Crippen LogP contribution in [0.4, 0.5) is 11.4 Å². The molecule has 3 N–H and O–H groups in total. The van der Waals surface area contributed by atoms with Crippen LogP contribution in [0.3, 0.4) is 0 Å². The highest BCUT2D eigenvalue weighted by Crippen LogP contribution is 2.19. The zero-order valence-electron chi connectivity index (χ0n) is 12.2. The summed E-state index contributed by atoms with van der Waals surface area (Å²) in [5.74, 6) is 0. The molecule has 108 valence electrons. The number of nitrogens with two attached hydrogens (primary N) is 1. The van der Waals surface area contributed by atoms with E-state index in [9.17, 15) is 0 Å². The Kier molecular flexibility index (Phi) is 7.30. The van der Waals surface area contributed by atoms with E-state index in [1.165, 1.54) is 5.56 Å². The number of nitrogens with one attached hydrogen (secondary N) is 1. The molecule has 1 rings (SSSR count). The highest BCUT2D eigenvalue weighted by Gasteiger charge is 2.07. The molecule has 0 saturated heterocycles. The van der Waals surface area contributed by atoms with Crippen LogP contribution in [0.2, 0.25) is 0 Å². The van der Waals surface area contributed by atoms with E-state index in [4.69, 9.17) is 15.2 Å². The summed E-state index contributed by atoms with van der Waals surface area (Å²) in [6.45, 7) is 8.24. The lowest BCUT2D eigenvalue weighted by Gasteiger charge is -2.17. The highest BCUT2D eigenvalue weighted by molar-refractivity contribution is 5.66. The lowest BCUT2D eigenvalue weighted by atomic mass is 10.2. The van der Waals surface area contributed by atoms with Gasteiger partial charge in [0.25, 0.3) is 0 Å². The molecule has 19 heavy (non-hydrogen) atoms. The number of hydrogen-bond donors (Lipinski definition) is 2. The summed E-state index contributed by atoms with van der Waals surface area (Å²) in [6, 6.07) is 6.06. The molecular weight excluding hydrogens is 240 g/mol. The van der Waals surface area contributed by atoms with Crippen molar-refractivity contribution >= 4 is 11.4 Å². The molecule has 4 nitrogen and oxygen atoms in total. The Morgan fingerprint density at radius 1 is 1.21 bits per heavy atom. The smallest absolute Gasteiger partial charge is 0.157 e. The molecule has 1 aromatic rings. The third-order valence-corrected chi connectivity index (χ3v) is 2.84. The molecule has 0 heterocycles. The summed E-state index contributed by atoms with van der Waals surface area (Å²) in [5, 5.41) is 3.34. The van der Waals surface area contributed by atoms with Crippen LogP contribution >= 0.6 is 0 Å².